The Hall–Kier alpha value is -0.0900. The molecule has 1 aliphatic rings. The van der Waals surface area contributed by atoms with Gasteiger partial charge in [-0.05, 0) is 25.2 Å². The first kappa shape index (κ1) is 12.0. The van der Waals surface area contributed by atoms with Crippen molar-refractivity contribution >= 4 is 9.84 Å². The number of hydrogen-bond donors (Lipinski definition) is 1. The fraction of sp³-hybridized carbons (Fsp3) is 1.00. The predicted molar refractivity (Wildman–Crippen MR) is 58.9 cm³/mol. The van der Waals surface area contributed by atoms with Crippen LogP contribution < -0.4 is 5.73 Å². The average molecular weight is 219 g/mol. The van der Waals surface area contributed by atoms with E-state index in [4.69, 9.17) is 5.73 Å². The van der Waals surface area contributed by atoms with Gasteiger partial charge >= 0.3 is 0 Å². The van der Waals surface area contributed by atoms with E-state index < -0.39 is 9.84 Å². The van der Waals surface area contributed by atoms with Crippen LogP contribution in [0.1, 0.15) is 39.0 Å². The summed E-state index contributed by atoms with van der Waals surface area (Å²) >= 11 is 0. The van der Waals surface area contributed by atoms with E-state index in [1.54, 1.807) is 0 Å². The normalized spacial score (nSPS) is 19.6. The van der Waals surface area contributed by atoms with Crippen LogP contribution in [-0.4, -0.2) is 26.0 Å². The van der Waals surface area contributed by atoms with E-state index in [9.17, 15) is 8.42 Å². The van der Waals surface area contributed by atoms with Gasteiger partial charge in [0.15, 0.2) is 9.84 Å². The number of unbranched alkanes of at least 4 members (excludes halogenated alkanes) is 2. The average Bonchev–Trinajstić information content (AvgIpc) is 2.85. The molecule has 1 saturated carbocycles. The Kier molecular flexibility index (Phi) is 4.38. The van der Waals surface area contributed by atoms with Gasteiger partial charge < -0.3 is 5.73 Å². The second-order valence-electron chi connectivity index (χ2n) is 4.32. The quantitative estimate of drug-likeness (QED) is 0.657. The molecule has 0 aromatic carbocycles. The molecule has 0 bridgehead atoms. The monoisotopic (exact) mass is 219 g/mol. The Bertz CT molecular complexity index is 257. The summed E-state index contributed by atoms with van der Waals surface area (Å²) in [5.41, 5.74) is 5.79. The standard InChI is InChI=1S/C10H21NO2S/c1-2-3-4-7-14(12,13)8-10(11)9-5-6-9/h9-10H,2-8,11H2,1H3. The second-order valence-corrected chi connectivity index (χ2v) is 6.55. The van der Waals surface area contributed by atoms with Gasteiger partial charge in [-0.1, -0.05) is 19.8 Å². The zero-order chi connectivity index (χ0) is 10.6. The number of sulfone groups is 1. The van der Waals surface area contributed by atoms with Crippen molar-refractivity contribution in [2.24, 2.45) is 11.7 Å². The van der Waals surface area contributed by atoms with E-state index in [-0.39, 0.29) is 11.8 Å². The van der Waals surface area contributed by atoms with Crippen LogP contribution in [0, 0.1) is 5.92 Å². The van der Waals surface area contributed by atoms with Gasteiger partial charge in [0, 0.05) is 6.04 Å². The molecular weight excluding hydrogens is 198 g/mol. The Balaban J connectivity index is 2.25. The Morgan fingerprint density at radius 1 is 1.36 bits per heavy atom. The molecular formula is C10H21NO2S. The number of nitrogens with two attached hydrogens (primary N) is 1. The number of hydrogen-bond acceptors (Lipinski definition) is 3. The van der Waals surface area contributed by atoms with E-state index >= 15 is 0 Å². The van der Waals surface area contributed by atoms with Crippen LogP contribution in [-0.2, 0) is 9.84 Å². The minimum Gasteiger partial charge on any atom is -0.327 e. The summed E-state index contributed by atoms with van der Waals surface area (Å²) < 4.78 is 23.1. The molecule has 84 valence electrons. The minimum atomic E-state index is -2.88. The highest BCUT2D eigenvalue weighted by molar-refractivity contribution is 7.91. The Labute approximate surface area is 87.0 Å². The van der Waals surface area contributed by atoms with Crippen LogP contribution in [0.3, 0.4) is 0 Å². The molecule has 0 aromatic heterocycles. The van der Waals surface area contributed by atoms with E-state index in [1.807, 2.05) is 0 Å². The van der Waals surface area contributed by atoms with Crippen molar-refractivity contribution in [1.29, 1.82) is 0 Å². The predicted octanol–water partition coefficient (Wildman–Crippen LogP) is 1.33. The maximum Gasteiger partial charge on any atom is 0.151 e. The van der Waals surface area contributed by atoms with Gasteiger partial charge in [-0.3, -0.25) is 0 Å². The third-order valence-corrected chi connectivity index (χ3v) is 4.54. The van der Waals surface area contributed by atoms with Crippen molar-refractivity contribution in [1.82, 2.24) is 0 Å². The lowest BCUT2D eigenvalue weighted by atomic mass is 10.2. The van der Waals surface area contributed by atoms with Crippen LogP contribution in [0.5, 0.6) is 0 Å². The first-order chi connectivity index (χ1) is 6.55. The molecule has 14 heavy (non-hydrogen) atoms. The van der Waals surface area contributed by atoms with Gasteiger partial charge in [0.1, 0.15) is 0 Å². The molecule has 0 aromatic rings. The smallest absolute Gasteiger partial charge is 0.151 e. The number of rotatable bonds is 7. The fourth-order valence-corrected chi connectivity index (χ4v) is 3.28. The highest BCUT2D eigenvalue weighted by Gasteiger charge is 2.31. The van der Waals surface area contributed by atoms with E-state index in [0.717, 1.165) is 32.1 Å². The largest absolute Gasteiger partial charge is 0.327 e. The maximum atomic E-state index is 11.6. The molecule has 2 N–H and O–H groups in total. The molecule has 1 unspecified atom stereocenters. The van der Waals surface area contributed by atoms with E-state index in [2.05, 4.69) is 6.92 Å². The third-order valence-electron chi connectivity index (χ3n) is 2.73. The van der Waals surface area contributed by atoms with Crippen LogP contribution in [0.2, 0.25) is 0 Å². The molecule has 0 spiro atoms. The zero-order valence-corrected chi connectivity index (χ0v) is 9.72. The fourth-order valence-electron chi connectivity index (χ4n) is 1.61. The summed E-state index contributed by atoms with van der Waals surface area (Å²) in [5.74, 6) is 0.999. The molecule has 1 rings (SSSR count). The molecule has 0 heterocycles. The first-order valence-corrected chi connectivity index (χ1v) is 7.33. The van der Waals surface area contributed by atoms with Crippen LogP contribution >= 0.6 is 0 Å². The van der Waals surface area contributed by atoms with Crippen molar-refractivity contribution < 1.29 is 8.42 Å². The summed E-state index contributed by atoms with van der Waals surface area (Å²) in [6.07, 6.45) is 5.08. The topological polar surface area (TPSA) is 60.2 Å². The molecule has 1 aliphatic carbocycles. The van der Waals surface area contributed by atoms with Gasteiger partial charge in [0.2, 0.25) is 0 Å². The van der Waals surface area contributed by atoms with Crippen LogP contribution in [0.15, 0.2) is 0 Å². The van der Waals surface area contributed by atoms with Crippen molar-refractivity contribution in [2.75, 3.05) is 11.5 Å². The van der Waals surface area contributed by atoms with Gasteiger partial charge in [-0.25, -0.2) is 8.42 Å². The third kappa shape index (κ3) is 4.42. The summed E-state index contributed by atoms with van der Waals surface area (Å²) in [7, 11) is -2.88. The highest BCUT2D eigenvalue weighted by atomic mass is 32.2. The van der Waals surface area contributed by atoms with Crippen molar-refractivity contribution in [3.63, 3.8) is 0 Å². The van der Waals surface area contributed by atoms with Crippen LogP contribution in [0.4, 0.5) is 0 Å². The van der Waals surface area contributed by atoms with Gasteiger partial charge in [0.25, 0.3) is 0 Å². The zero-order valence-electron chi connectivity index (χ0n) is 8.91. The SMILES string of the molecule is CCCCCS(=O)(=O)CC(N)C1CC1. The summed E-state index contributed by atoms with van der Waals surface area (Å²) in [6, 6.07) is -0.110. The molecule has 4 heteroatoms. The van der Waals surface area contributed by atoms with Crippen molar-refractivity contribution in [3.8, 4) is 0 Å². The molecule has 3 nitrogen and oxygen atoms in total. The Morgan fingerprint density at radius 2 is 2.00 bits per heavy atom. The first-order valence-electron chi connectivity index (χ1n) is 5.51. The molecule has 0 radical (unpaired) electrons. The molecule has 1 fully saturated rings. The molecule has 1 atom stereocenters. The van der Waals surface area contributed by atoms with Crippen molar-refractivity contribution in [3.05, 3.63) is 0 Å². The molecule has 0 saturated heterocycles. The van der Waals surface area contributed by atoms with E-state index in [1.165, 1.54) is 0 Å². The van der Waals surface area contributed by atoms with Gasteiger partial charge in [0.05, 0.1) is 11.5 Å². The lowest BCUT2D eigenvalue weighted by Crippen LogP contribution is -2.32. The van der Waals surface area contributed by atoms with Gasteiger partial charge in [-0.2, -0.15) is 0 Å². The maximum absolute atomic E-state index is 11.6. The molecule has 0 amide bonds. The van der Waals surface area contributed by atoms with E-state index in [0.29, 0.717) is 11.7 Å². The summed E-state index contributed by atoms with van der Waals surface area (Å²) in [4.78, 5) is 0. The van der Waals surface area contributed by atoms with Crippen molar-refractivity contribution in [2.45, 2.75) is 45.1 Å². The minimum absolute atomic E-state index is 0.110. The lowest BCUT2D eigenvalue weighted by molar-refractivity contribution is 0.570. The highest BCUT2D eigenvalue weighted by Crippen LogP contribution is 2.32. The lowest BCUT2D eigenvalue weighted by Gasteiger charge is -2.10. The second kappa shape index (κ2) is 5.12. The molecule has 0 aliphatic heterocycles. The summed E-state index contributed by atoms with van der Waals surface area (Å²) in [6.45, 7) is 2.07. The summed E-state index contributed by atoms with van der Waals surface area (Å²) in [5, 5.41) is 0. The van der Waals surface area contributed by atoms with Gasteiger partial charge in [-0.15, -0.1) is 0 Å². The Morgan fingerprint density at radius 3 is 2.50 bits per heavy atom. The van der Waals surface area contributed by atoms with Crippen LogP contribution in [0.25, 0.3) is 0 Å².